The number of hydrogen-bond acceptors (Lipinski definition) is 2. The van der Waals surface area contributed by atoms with Gasteiger partial charge in [-0.15, -0.1) is 0 Å². The minimum atomic E-state index is -0.408. The highest BCUT2D eigenvalue weighted by Crippen LogP contribution is 2.07. The second-order valence-corrected chi connectivity index (χ2v) is 3.24. The molecule has 0 saturated heterocycles. The van der Waals surface area contributed by atoms with Crippen LogP contribution in [0.15, 0.2) is 11.6 Å². The minimum absolute atomic E-state index is 0.0226. The van der Waals surface area contributed by atoms with Gasteiger partial charge in [0.05, 0.1) is 6.10 Å². The van der Waals surface area contributed by atoms with Crippen LogP contribution in [0, 0.1) is 5.92 Å². The van der Waals surface area contributed by atoms with Crippen molar-refractivity contribution in [3.05, 3.63) is 11.6 Å². The Morgan fingerprint density at radius 2 is 2.00 bits per heavy atom. The van der Waals surface area contributed by atoms with E-state index in [-0.39, 0.29) is 12.5 Å². The molecule has 0 unspecified atom stereocenters. The molecule has 2 atom stereocenters. The second-order valence-electron chi connectivity index (χ2n) is 3.24. The molecule has 0 bridgehead atoms. The van der Waals surface area contributed by atoms with Gasteiger partial charge in [-0.1, -0.05) is 18.6 Å². The minimum Gasteiger partial charge on any atom is -0.396 e. The van der Waals surface area contributed by atoms with E-state index in [1.54, 1.807) is 0 Å². The van der Waals surface area contributed by atoms with Crippen molar-refractivity contribution in [1.82, 2.24) is 0 Å². The fourth-order valence-corrected chi connectivity index (χ4v) is 0.710. The maximum atomic E-state index is 9.36. The molecule has 0 amide bonds. The third-order valence-electron chi connectivity index (χ3n) is 1.71. The van der Waals surface area contributed by atoms with Crippen molar-refractivity contribution < 1.29 is 10.2 Å². The van der Waals surface area contributed by atoms with Gasteiger partial charge in [-0.05, 0) is 20.3 Å². The lowest BCUT2D eigenvalue weighted by Crippen LogP contribution is -2.19. The third kappa shape index (κ3) is 4.99. The van der Waals surface area contributed by atoms with Gasteiger partial charge in [0.25, 0.3) is 0 Å². The van der Waals surface area contributed by atoms with Gasteiger partial charge in [0.2, 0.25) is 0 Å². The fourth-order valence-electron chi connectivity index (χ4n) is 0.710. The Hall–Kier alpha value is -0.340. The van der Waals surface area contributed by atoms with Gasteiger partial charge in [0.15, 0.2) is 0 Å². The molecule has 0 aliphatic rings. The molecule has 0 aromatic carbocycles. The number of hydrogen-bond donors (Lipinski definition) is 2. The molecule has 0 saturated carbocycles. The molecule has 2 N–H and O–H groups in total. The van der Waals surface area contributed by atoms with E-state index in [0.29, 0.717) is 6.42 Å². The van der Waals surface area contributed by atoms with Gasteiger partial charge in [0.1, 0.15) is 0 Å². The predicted octanol–water partition coefficient (Wildman–Crippen LogP) is 1.33. The summed E-state index contributed by atoms with van der Waals surface area (Å²) in [6.07, 6.45) is 2.22. The lowest BCUT2D eigenvalue weighted by atomic mass is 10.0. The van der Waals surface area contributed by atoms with Gasteiger partial charge in [-0.3, -0.25) is 0 Å². The maximum Gasteiger partial charge on any atom is 0.0622 e. The van der Waals surface area contributed by atoms with E-state index in [2.05, 4.69) is 0 Å². The first-order chi connectivity index (χ1) is 5.07. The number of rotatable bonds is 4. The molecule has 0 aromatic rings. The summed E-state index contributed by atoms with van der Waals surface area (Å²) >= 11 is 0. The first-order valence-corrected chi connectivity index (χ1v) is 4.00. The number of aliphatic hydroxyl groups excluding tert-OH is 2. The van der Waals surface area contributed by atoms with Crippen LogP contribution >= 0.6 is 0 Å². The van der Waals surface area contributed by atoms with Gasteiger partial charge in [0, 0.05) is 12.5 Å². The normalized spacial score (nSPS) is 15.7. The summed E-state index contributed by atoms with van der Waals surface area (Å²) in [5.74, 6) is -0.0226. The molecular weight excluding hydrogens is 140 g/mol. The van der Waals surface area contributed by atoms with Crippen LogP contribution < -0.4 is 0 Å². The molecule has 0 rings (SSSR count). The van der Waals surface area contributed by atoms with Crippen LogP contribution in [0.4, 0.5) is 0 Å². The van der Waals surface area contributed by atoms with Gasteiger partial charge < -0.3 is 10.2 Å². The average Bonchev–Trinajstić information content (AvgIpc) is 1.98. The monoisotopic (exact) mass is 158 g/mol. The summed E-state index contributed by atoms with van der Waals surface area (Å²) in [5, 5.41) is 18.1. The van der Waals surface area contributed by atoms with Crippen molar-refractivity contribution in [1.29, 1.82) is 0 Å². The van der Waals surface area contributed by atoms with E-state index < -0.39 is 6.10 Å². The lowest BCUT2D eigenvalue weighted by molar-refractivity contribution is 0.0793. The summed E-state index contributed by atoms with van der Waals surface area (Å²) in [7, 11) is 0. The Morgan fingerprint density at radius 1 is 1.45 bits per heavy atom. The maximum absolute atomic E-state index is 9.36. The van der Waals surface area contributed by atoms with E-state index in [1.807, 2.05) is 26.8 Å². The van der Waals surface area contributed by atoms with E-state index in [0.717, 1.165) is 0 Å². The van der Waals surface area contributed by atoms with Gasteiger partial charge >= 0.3 is 0 Å². The van der Waals surface area contributed by atoms with Crippen molar-refractivity contribution in [2.75, 3.05) is 6.61 Å². The second kappa shape index (κ2) is 5.33. The molecule has 0 radical (unpaired) electrons. The quantitative estimate of drug-likeness (QED) is 0.606. The molecule has 66 valence electrons. The summed E-state index contributed by atoms with van der Waals surface area (Å²) in [6, 6.07) is 0. The fraction of sp³-hybridized carbons (Fsp3) is 0.778. The zero-order valence-corrected chi connectivity index (χ0v) is 7.54. The first kappa shape index (κ1) is 10.7. The molecule has 0 aliphatic carbocycles. The average molecular weight is 158 g/mol. The van der Waals surface area contributed by atoms with E-state index >= 15 is 0 Å². The van der Waals surface area contributed by atoms with E-state index in [9.17, 15) is 5.11 Å². The molecule has 2 nitrogen and oxygen atoms in total. The molecule has 2 heteroatoms. The van der Waals surface area contributed by atoms with Crippen LogP contribution in [-0.4, -0.2) is 22.9 Å². The number of aliphatic hydroxyl groups is 2. The molecule has 0 aliphatic heterocycles. The zero-order valence-electron chi connectivity index (χ0n) is 7.54. The summed E-state index contributed by atoms with van der Waals surface area (Å²) in [6.45, 7) is 5.88. The van der Waals surface area contributed by atoms with Crippen LogP contribution in [0.5, 0.6) is 0 Å². The molecule has 0 spiro atoms. The highest BCUT2D eigenvalue weighted by Gasteiger charge is 2.10. The Balaban J connectivity index is 3.68. The van der Waals surface area contributed by atoms with Crippen LogP contribution in [-0.2, 0) is 0 Å². The summed E-state index contributed by atoms with van der Waals surface area (Å²) < 4.78 is 0. The Morgan fingerprint density at radius 3 is 2.36 bits per heavy atom. The Bertz CT molecular complexity index is 126. The van der Waals surface area contributed by atoms with Crippen molar-refractivity contribution in [2.24, 2.45) is 5.92 Å². The number of allylic oxidation sites excluding steroid dienone is 1. The highest BCUT2D eigenvalue weighted by molar-refractivity contribution is 4.94. The molecule has 11 heavy (non-hydrogen) atoms. The van der Waals surface area contributed by atoms with Gasteiger partial charge in [-0.25, -0.2) is 0 Å². The van der Waals surface area contributed by atoms with Crippen molar-refractivity contribution in [3.8, 4) is 0 Å². The van der Waals surface area contributed by atoms with Crippen LogP contribution in [0.25, 0.3) is 0 Å². The van der Waals surface area contributed by atoms with Crippen LogP contribution in [0.1, 0.15) is 27.2 Å². The van der Waals surface area contributed by atoms with Crippen molar-refractivity contribution in [3.63, 3.8) is 0 Å². The first-order valence-electron chi connectivity index (χ1n) is 4.00. The molecular formula is C9H18O2. The predicted molar refractivity (Wildman–Crippen MR) is 46.3 cm³/mol. The largest absolute Gasteiger partial charge is 0.396 e. The van der Waals surface area contributed by atoms with Crippen molar-refractivity contribution >= 4 is 0 Å². The Labute approximate surface area is 68.6 Å². The standard InChI is InChI=1S/C9H18O2/c1-7(2)4-5-9(11)8(3)6-10/h4,8-11H,5-6H2,1-3H3/t8-,9+/m0/s1. The summed E-state index contributed by atoms with van der Waals surface area (Å²) in [4.78, 5) is 0. The highest BCUT2D eigenvalue weighted by atomic mass is 16.3. The molecule has 0 heterocycles. The Kier molecular flexibility index (Phi) is 5.16. The summed E-state index contributed by atoms with van der Waals surface area (Å²) in [5.41, 5.74) is 1.20. The smallest absolute Gasteiger partial charge is 0.0622 e. The molecule has 0 fully saturated rings. The van der Waals surface area contributed by atoms with Crippen molar-refractivity contribution in [2.45, 2.75) is 33.3 Å². The molecule has 0 aromatic heterocycles. The third-order valence-corrected chi connectivity index (χ3v) is 1.71. The van der Waals surface area contributed by atoms with E-state index in [1.165, 1.54) is 5.57 Å². The topological polar surface area (TPSA) is 40.5 Å². The van der Waals surface area contributed by atoms with Crippen LogP contribution in [0.2, 0.25) is 0 Å². The van der Waals surface area contributed by atoms with E-state index in [4.69, 9.17) is 5.11 Å². The SMILES string of the molecule is CC(C)=CC[C@@H](O)[C@@H](C)CO. The zero-order chi connectivity index (χ0) is 8.85. The van der Waals surface area contributed by atoms with Crippen LogP contribution in [0.3, 0.4) is 0 Å². The lowest BCUT2D eigenvalue weighted by Gasteiger charge is -2.14. The van der Waals surface area contributed by atoms with Gasteiger partial charge in [-0.2, -0.15) is 0 Å².